The van der Waals surface area contributed by atoms with Gasteiger partial charge < -0.3 is 15.4 Å². The largest absolute Gasteiger partial charge is 0.489 e. The third-order valence-electron chi connectivity index (χ3n) is 4.31. The number of benzene rings is 1. The zero-order chi connectivity index (χ0) is 15.8. The fourth-order valence-corrected chi connectivity index (χ4v) is 2.93. The lowest BCUT2D eigenvalue weighted by Gasteiger charge is -2.28. The van der Waals surface area contributed by atoms with Crippen LogP contribution in [0.3, 0.4) is 0 Å². The second kappa shape index (κ2) is 8.79. The number of amides is 1. The molecule has 0 saturated carbocycles. The van der Waals surface area contributed by atoms with Crippen molar-refractivity contribution in [2.45, 2.75) is 39.2 Å². The van der Waals surface area contributed by atoms with Gasteiger partial charge in [0.25, 0.3) is 0 Å². The fourth-order valence-electron chi connectivity index (χ4n) is 2.93. The number of hydrogen-bond acceptors (Lipinski definition) is 3. The first kappa shape index (κ1) is 16.8. The van der Waals surface area contributed by atoms with Gasteiger partial charge in [0.1, 0.15) is 11.9 Å². The molecule has 0 spiro atoms. The van der Waals surface area contributed by atoms with Gasteiger partial charge in [0, 0.05) is 6.42 Å². The van der Waals surface area contributed by atoms with Crippen LogP contribution in [0.2, 0.25) is 0 Å². The predicted molar refractivity (Wildman–Crippen MR) is 88.9 cm³/mol. The molecule has 1 aliphatic rings. The van der Waals surface area contributed by atoms with Crippen LogP contribution in [0.25, 0.3) is 0 Å². The molecule has 1 heterocycles. The number of carbonyl (C=O) groups is 1. The Hall–Kier alpha value is -1.55. The standard InChI is InChI=1S/C18H28N2O2/c1-14(16-7-6-10-19-13-16)11-18(21)20-12-15(2)22-17-8-4-3-5-9-17/h3-5,8-9,14-16,19H,6-7,10-13H2,1-2H3,(H,20,21). The van der Waals surface area contributed by atoms with Crippen molar-refractivity contribution in [1.82, 2.24) is 10.6 Å². The first-order valence-electron chi connectivity index (χ1n) is 8.34. The van der Waals surface area contributed by atoms with E-state index in [0.29, 0.717) is 24.8 Å². The van der Waals surface area contributed by atoms with Crippen LogP contribution >= 0.6 is 0 Å². The first-order chi connectivity index (χ1) is 10.6. The topological polar surface area (TPSA) is 50.4 Å². The second-order valence-electron chi connectivity index (χ2n) is 6.33. The maximum atomic E-state index is 12.1. The van der Waals surface area contributed by atoms with E-state index in [1.54, 1.807) is 0 Å². The number of para-hydroxylation sites is 1. The minimum Gasteiger partial charge on any atom is -0.489 e. The summed E-state index contributed by atoms with van der Waals surface area (Å²) in [6.45, 7) is 6.86. The lowest BCUT2D eigenvalue weighted by Crippen LogP contribution is -2.37. The van der Waals surface area contributed by atoms with Gasteiger partial charge in [-0.15, -0.1) is 0 Å². The zero-order valence-corrected chi connectivity index (χ0v) is 13.7. The zero-order valence-electron chi connectivity index (χ0n) is 13.7. The van der Waals surface area contributed by atoms with Gasteiger partial charge in [-0.3, -0.25) is 4.79 Å². The van der Waals surface area contributed by atoms with Gasteiger partial charge >= 0.3 is 0 Å². The normalized spacial score (nSPS) is 20.9. The summed E-state index contributed by atoms with van der Waals surface area (Å²) in [5, 5.41) is 6.40. The van der Waals surface area contributed by atoms with E-state index < -0.39 is 0 Å². The van der Waals surface area contributed by atoms with Crippen molar-refractivity contribution in [2.75, 3.05) is 19.6 Å². The van der Waals surface area contributed by atoms with Crippen molar-refractivity contribution >= 4 is 5.91 Å². The van der Waals surface area contributed by atoms with Gasteiger partial charge in [-0.1, -0.05) is 25.1 Å². The van der Waals surface area contributed by atoms with Crippen LogP contribution in [0, 0.1) is 11.8 Å². The summed E-state index contributed by atoms with van der Waals surface area (Å²) in [6, 6.07) is 9.70. The molecular weight excluding hydrogens is 276 g/mol. The second-order valence-corrected chi connectivity index (χ2v) is 6.33. The molecule has 1 aliphatic heterocycles. The van der Waals surface area contributed by atoms with Crippen molar-refractivity contribution in [3.8, 4) is 5.75 Å². The van der Waals surface area contributed by atoms with Gasteiger partial charge in [-0.25, -0.2) is 0 Å². The molecule has 4 heteroatoms. The van der Waals surface area contributed by atoms with E-state index in [-0.39, 0.29) is 12.0 Å². The predicted octanol–water partition coefficient (Wildman–Crippen LogP) is 2.60. The van der Waals surface area contributed by atoms with E-state index in [9.17, 15) is 4.79 Å². The molecule has 4 nitrogen and oxygen atoms in total. The summed E-state index contributed by atoms with van der Waals surface area (Å²) in [5.74, 6) is 2.02. The van der Waals surface area contributed by atoms with Gasteiger partial charge in [0.05, 0.1) is 6.54 Å². The maximum absolute atomic E-state index is 12.1. The van der Waals surface area contributed by atoms with Crippen LogP contribution in [0.1, 0.15) is 33.1 Å². The Morgan fingerprint density at radius 2 is 2.14 bits per heavy atom. The van der Waals surface area contributed by atoms with E-state index in [1.807, 2.05) is 37.3 Å². The average molecular weight is 304 g/mol. The Kier molecular flexibility index (Phi) is 6.72. The molecule has 3 atom stereocenters. The summed E-state index contributed by atoms with van der Waals surface area (Å²) in [4.78, 5) is 12.1. The van der Waals surface area contributed by atoms with Crippen molar-refractivity contribution in [2.24, 2.45) is 11.8 Å². The summed E-state index contributed by atoms with van der Waals surface area (Å²) in [6.07, 6.45) is 3.02. The summed E-state index contributed by atoms with van der Waals surface area (Å²) >= 11 is 0. The Balaban J connectivity index is 1.66. The summed E-state index contributed by atoms with van der Waals surface area (Å²) in [7, 11) is 0. The van der Waals surface area contributed by atoms with E-state index in [4.69, 9.17) is 4.74 Å². The molecule has 1 saturated heterocycles. The summed E-state index contributed by atoms with van der Waals surface area (Å²) < 4.78 is 5.76. The highest BCUT2D eigenvalue weighted by atomic mass is 16.5. The van der Waals surface area contributed by atoms with Gasteiger partial charge in [0.2, 0.25) is 5.91 Å². The lowest BCUT2D eigenvalue weighted by molar-refractivity contribution is -0.122. The molecule has 0 bridgehead atoms. The fraction of sp³-hybridized carbons (Fsp3) is 0.611. The molecule has 0 aromatic heterocycles. The van der Waals surface area contributed by atoms with E-state index in [1.165, 1.54) is 12.8 Å². The molecule has 0 aliphatic carbocycles. The Labute approximate surface area is 133 Å². The third-order valence-corrected chi connectivity index (χ3v) is 4.31. The molecule has 0 radical (unpaired) electrons. The molecule has 1 amide bonds. The maximum Gasteiger partial charge on any atom is 0.220 e. The number of carbonyl (C=O) groups excluding carboxylic acids is 1. The number of rotatable bonds is 7. The minimum atomic E-state index is -0.0296. The number of nitrogens with one attached hydrogen (secondary N) is 2. The van der Waals surface area contributed by atoms with E-state index >= 15 is 0 Å². The molecular formula is C18H28N2O2. The molecule has 122 valence electrons. The van der Waals surface area contributed by atoms with Crippen molar-refractivity contribution in [3.05, 3.63) is 30.3 Å². The Morgan fingerprint density at radius 1 is 1.36 bits per heavy atom. The molecule has 1 fully saturated rings. The smallest absolute Gasteiger partial charge is 0.220 e. The highest BCUT2D eigenvalue weighted by Crippen LogP contribution is 2.22. The number of piperidine rings is 1. The third kappa shape index (κ3) is 5.68. The molecule has 1 aromatic rings. The first-order valence-corrected chi connectivity index (χ1v) is 8.34. The van der Waals surface area contributed by atoms with Crippen LogP contribution in [-0.2, 0) is 4.79 Å². The quantitative estimate of drug-likeness (QED) is 0.814. The van der Waals surface area contributed by atoms with Gasteiger partial charge in [-0.2, -0.15) is 0 Å². The highest BCUT2D eigenvalue weighted by molar-refractivity contribution is 5.76. The Bertz CT molecular complexity index is 444. The summed E-state index contributed by atoms with van der Waals surface area (Å²) in [5.41, 5.74) is 0. The van der Waals surface area contributed by atoms with Crippen molar-refractivity contribution in [3.63, 3.8) is 0 Å². The van der Waals surface area contributed by atoms with E-state index in [2.05, 4.69) is 17.6 Å². The van der Waals surface area contributed by atoms with Crippen molar-refractivity contribution < 1.29 is 9.53 Å². The van der Waals surface area contributed by atoms with Gasteiger partial charge in [-0.05, 0) is 56.8 Å². The molecule has 22 heavy (non-hydrogen) atoms. The minimum absolute atomic E-state index is 0.0296. The highest BCUT2D eigenvalue weighted by Gasteiger charge is 2.22. The van der Waals surface area contributed by atoms with Crippen LogP contribution in [0.15, 0.2) is 30.3 Å². The van der Waals surface area contributed by atoms with Gasteiger partial charge in [0.15, 0.2) is 0 Å². The number of ether oxygens (including phenoxy) is 1. The SMILES string of the molecule is CC(CNC(=O)CC(C)C1CCCNC1)Oc1ccccc1. The Morgan fingerprint density at radius 3 is 2.82 bits per heavy atom. The van der Waals surface area contributed by atoms with E-state index in [0.717, 1.165) is 18.8 Å². The lowest BCUT2D eigenvalue weighted by atomic mass is 9.85. The van der Waals surface area contributed by atoms with Crippen LogP contribution in [-0.4, -0.2) is 31.6 Å². The van der Waals surface area contributed by atoms with Crippen LogP contribution in [0.4, 0.5) is 0 Å². The molecule has 3 unspecified atom stereocenters. The van der Waals surface area contributed by atoms with Crippen molar-refractivity contribution in [1.29, 1.82) is 0 Å². The monoisotopic (exact) mass is 304 g/mol. The molecule has 2 N–H and O–H groups in total. The van der Waals surface area contributed by atoms with Crippen LogP contribution < -0.4 is 15.4 Å². The average Bonchev–Trinajstić information content (AvgIpc) is 2.55. The molecule has 1 aromatic carbocycles. The number of hydrogen-bond donors (Lipinski definition) is 2. The van der Waals surface area contributed by atoms with Crippen LogP contribution in [0.5, 0.6) is 5.75 Å². The molecule has 2 rings (SSSR count).